The number of urea groups is 1. The number of rotatable bonds is 4. The predicted molar refractivity (Wildman–Crippen MR) is 79.6 cm³/mol. The lowest BCUT2D eigenvalue weighted by atomic mass is 10.1. The van der Waals surface area contributed by atoms with Gasteiger partial charge in [0.25, 0.3) is 0 Å². The van der Waals surface area contributed by atoms with Crippen molar-refractivity contribution < 1.29 is 9.59 Å². The maximum Gasteiger partial charge on any atom is 0.318 e. The Hall–Kier alpha value is -1.56. The molecule has 0 saturated carbocycles. The van der Waals surface area contributed by atoms with Crippen molar-refractivity contribution in [2.75, 3.05) is 13.1 Å². The Balaban J connectivity index is 1.92. The van der Waals surface area contributed by atoms with Crippen molar-refractivity contribution in [1.29, 1.82) is 0 Å². The van der Waals surface area contributed by atoms with Crippen molar-refractivity contribution in [1.82, 2.24) is 15.5 Å². The number of amides is 3. The zero-order valence-corrected chi connectivity index (χ0v) is 12.5. The summed E-state index contributed by atoms with van der Waals surface area (Å²) in [6.45, 7) is 3.87. The van der Waals surface area contributed by atoms with Gasteiger partial charge >= 0.3 is 6.03 Å². The lowest BCUT2D eigenvalue weighted by Crippen LogP contribution is -2.50. The van der Waals surface area contributed by atoms with Crippen molar-refractivity contribution in [2.45, 2.75) is 38.8 Å². The lowest BCUT2D eigenvalue weighted by molar-refractivity contribution is -0.122. The molecule has 110 valence electrons. The fraction of sp³-hybridized carbons (Fsp3) is 0.571. The minimum atomic E-state index is -0.401. The van der Waals surface area contributed by atoms with E-state index >= 15 is 0 Å². The summed E-state index contributed by atoms with van der Waals surface area (Å²) < 4.78 is 0. The van der Waals surface area contributed by atoms with Crippen LogP contribution in [0.1, 0.15) is 31.1 Å². The Morgan fingerprint density at radius 2 is 2.40 bits per heavy atom. The lowest BCUT2D eigenvalue weighted by Gasteiger charge is -2.24. The molecule has 0 aromatic carbocycles. The van der Waals surface area contributed by atoms with Gasteiger partial charge in [0.15, 0.2) is 0 Å². The molecule has 1 fully saturated rings. The number of nitrogens with one attached hydrogen (secondary N) is 2. The quantitative estimate of drug-likeness (QED) is 0.892. The monoisotopic (exact) mass is 295 g/mol. The van der Waals surface area contributed by atoms with Crippen molar-refractivity contribution in [2.24, 2.45) is 0 Å². The zero-order chi connectivity index (χ0) is 14.4. The molecule has 20 heavy (non-hydrogen) atoms. The fourth-order valence-electron chi connectivity index (χ4n) is 2.24. The van der Waals surface area contributed by atoms with E-state index in [1.807, 2.05) is 24.4 Å². The standard InChI is InChI=1S/C14H21N3O2S/c1-2-17(10-11-6-5-9-20-11)14(19)16-12-7-3-4-8-15-13(12)18/h5-6,9,12H,2-4,7-8,10H2,1H3,(H,15,18)(H,16,19)/t12-/m0/s1. The maximum atomic E-state index is 12.3. The van der Waals surface area contributed by atoms with Gasteiger partial charge in [0.2, 0.25) is 5.91 Å². The number of hydrogen-bond acceptors (Lipinski definition) is 3. The van der Waals surface area contributed by atoms with Gasteiger partial charge in [-0.2, -0.15) is 0 Å². The molecule has 2 N–H and O–H groups in total. The molecule has 0 aliphatic carbocycles. The van der Waals surface area contributed by atoms with E-state index in [2.05, 4.69) is 10.6 Å². The van der Waals surface area contributed by atoms with Crippen LogP contribution >= 0.6 is 11.3 Å². The second kappa shape index (κ2) is 7.28. The van der Waals surface area contributed by atoms with Gasteiger partial charge in [-0.3, -0.25) is 4.79 Å². The third kappa shape index (κ3) is 3.96. The second-order valence-corrected chi connectivity index (χ2v) is 5.91. The van der Waals surface area contributed by atoms with Gasteiger partial charge in [-0.25, -0.2) is 4.79 Å². The van der Waals surface area contributed by atoms with Gasteiger partial charge < -0.3 is 15.5 Å². The Morgan fingerprint density at radius 3 is 3.10 bits per heavy atom. The molecule has 0 bridgehead atoms. The van der Waals surface area contributed by atoms with Crippen molar-refractivity contribution in [3.63, 3.8) is 0 Å². The van der Waals surface area contributed by atoms with E-state index < -0.39 is 6.04 Å². The van der Waals surface area contributed by atoms with Crippen LogP contribution in [0.4, 0.5) is 4.79 Å². The SMILES string of the molecule is CCN(Cc1cccs1)C(=O)N[C@H]1CCCCNC1=O. The molecule has 0 unspecified atom stereocenters. The van der Waals surface area contributed by atoms with E-state index in [0.717, 1.165) is 17.7 Å². The summed E-state index contributed by atoms with van der Waals surface area (Å²) in [6, 6.07) is 3.43. The highest BCUT2D eigenvalue weighted by atomic mass is 32.1. The molecule has 1 aromatic rings. The van der Waals surface area contributed by atoms with Gasteiger partial charge in [0.05, 0.1) is 6.54 Å². The highest BCUT2D eigenvalue weighted by Gasteiger charge is 2.24. The third-order valence-corrected chi connectivity index (χ3v) is 4.29. The summed E-state index contributed by atoms with van der Waals surface area (Å²) in [5.74, 6) is -0.0666. The summed E-state index contributed by atoms with van der Waals surface area (Å²) in [5, 5.41) is 7.68. The summed E-state index contributed by atoms with van der Waals surface area (Å²) >= 11 is 1.63. The Kier molecular flexibility index (Phi) is 5.40. The van der Waals surface area contributed by atoms with Gasteiger partial charge in [-0.15, -0.1) is 11.3 Å². The van der Waals surface area contributed by atoms with Gasteiger partial charge in [-0.05, 0) is 37.6 Å². The Bertz CT molecular complexity index is 447. The molecule has 0 radical (unpaired) electrons. The molecule has 1 aliphatic rings. The van der Waals surface area contributed by atoms with Gasteiger partial charge in [0, 0.05) is 18.0 Å². The van der Waals surface area contributed by atoms with Crippen LogP contribution in [-0.2, 0) is 11.3 Å². The number of carbonyl (C=O) groups is 2. The topological polar surface area (TPSA) is 61.4 Å². The van der Waals surface area contributed by atoms with Crippen LogP contribution in [0.25, 0.3) is 0 Å². The average molecular weight is 295 g/mol. The van der Waals surface area contributed by atoms with E-state index in [0.29, 0.717) is 26.1 Å². The molecule has 1 aromatic heterocycles. The number of nitrogens with zero attached hydrogens (tertiary/aromatic N) is 1. The van der Waals surface area contributed by atoms with Gasteiger partial charge in [0.1, 0.15) is 6.04 Å². The minimum Gasteiger partial charge on any atom is -0.354 e. The summed E-state index contributed by atoms with van der Waals surface area (Å²) in [4.78, 5) is 27.0. The van der Waals surface area contributed by atoms with Crippen LogP contribution in [0, 0.1) is 0 Å². The van der Waals surface area contributed by atoms with Crippen LogP contribution in [0.2, 0.25) is 0 Å². The molecule has 3 amide bonds. The fourth-order valence-corrected chi connectivity index (χ4v) is 2.95. The Labute approximate surface area is 123 Å². The first-order valence-electron chi connectivity index (χ1n) is 7.06. The molecular formula is C14H21N3O2S. The third-order valence-electron chi connectivity index (χ3n) is 3.43. The minimum absolute atomic E-state index is 0.0666. The maximum absolute atomic E-state index is 12.3. The first-order chi connectivity index (χ1) is 9.70. The molecule has 2 heterocycles. The highest BCUT2D eigenvalue weighted by Crippen LogP contribution is 2.12. The molecule has 0 spiro atoms. The molecule has 1 saturated heterocycles. The molecule has 1 aliphatic heterocycles. The van der Waals surface area contributed by atoms with Crippen LogP contribution in [0.15, 0.2) is 17.5 Å². The Morgan fingerprint density at radius 1 is 1.55 bits per heavy atom. The van der Waals surface area contributed by atoms with Crippen LogP contribution in [-0.4, -0.2) is 36.0 Å². The average Bonchev–Trinajstić information content (AvgIpc) is 2.87. The summed E-state index contributed by atoms with van der Waals surface area (Å²) in [7, 11) is 0. The molecular weight excluding hydrogens is 274 g/mol. The highest BCUT2D eigenvalue weighted by molar-refractivity contribution is 7.09. The van der Waals surface area contributed by atoms with Gasteiger partial charge in [-0.1, -0.05) is 6.07 Å². The van der Waals surface area contributed by atoms with Crippen LogP contribution in [0.5, 0.6) is 0 Å². The normalized spacial score (nSPS) is 19.1. The second-order valence-electron chi connectivity index (χ2n) is 4.88. The first kappa shape index (κ1) is 14.8. The largest absolute Gasteiger partial charge is 0.354 e. The van der Waals surface area contributed by atoms with E-state index in [1.165, 1.54) is 0 Å². The summed E-state index contributed by atoms with van der Waals surface area (Å²) in [5.41, 5.74) is 0. The molecule has 1 atom stereocenters. The van der Waals surface area contributed by atoms with E-state index in [-0.39, 0.29) is 11.9 Å². The van der Waals surface area contributed by atoms with E-state index in [4.69, 9.17) is 0 Å². The van der Waals surface area contributed by atoms with Crippen molar-refractivity contribution in [3.05, 3.63) is 22.4 Å². The van der Waals surface area contributed by atoms with E-state index in [9.17, 15) is 9.59 Å². The molecule has 6 heteroatoms. The summed E-state index contributed by atoms with van der Waals surface area (Å²) in [6.07, 6.45) is 2.65. The van der Waals surface area contributed by atoms with Crippen LogP contribution in [0.3, 0.4) is 0 Å². The van der Waals surface area contributed by atoms with Crippen molar-refractivity contribution >= 4 is 23.3 Å². The molecule has 5 nitrogen and oxygen atoms in total. The molecule has 2 rings (SSSR count). The van der Waals surface area contributed by atoms with Crippen molar-refractivity contribution in [3.8, 4) is 0 Å². The number of carbonyl (C=O) groups excluding carboxylic acids is 2. The number of thiophene rings is 1. The smallest absolute Gasteiger partial charge is 0.318 e. The zero-order valence-electron chi connectivity index (χ0n) is 11.7. The first-order valence-corrected chi connectivity index (χ1v) is 7.94. The van der Waals surface area contributed by atoms with E-state index in [1.54, 1.807) is 16.2 Å². The number of hydrogen-bond donors (Lipinski definition) is 2. The predicted octanol–water partition coefficient (Wildman–Crippen LogP) is 1.95. The van der Waals surface area contributed by atoms with Crippen LogP contribution < -0.4 is 10.6 Å².